The number of nitrogens with zero attached hydrogens (tertiary/aromatic N) is 2. The Hall–Kier alpha value is -3.02. The van der Waals surface area contributed by atoms with Gasteiger partial charge in [-0.2, -0.15) is 4.98 Å². The Morgan fingerprint density at radius 1 is 1.17 bits per heavy atom. The molecule has 0 spiro atoms. The highest BCUT2D eigenvalue weighted by molar-refractivity contribution is 5.77. The third-order valence-electron chi connectivity index (χ3n) is 4.85. The number of rotatable bonds is 9. The number of aromatic nitrogens is 1. The first kappa shape index (κ1) is 20.7. The van der Waals surface area contributed by atoms with Crippen LogP contribution in [0.4, 0.5) is 6.01 Å². The highest BCUT2D eigenvalue weighted by Crippen LogP contribution is 2.26. The van der Waals surface area contributed by atoms with Crippen LogP contribution in [-0.2, 0) is 11.2 Å². The molecule has 0 saturated heterocycles. The summed E-state index contributed by atoms with van der Waals surface area (Å²) in [6.07, 6.45) is 1.61. The molecule has 1 N–H and O–H groups in total. The summed E-state index contributed by atoms with van der Waals surface area (Å²) >= 11 is 0. The molecule has 0 aliphatic carbocycles. The van der Waals surface area contributed by atoms with Gasteiger partial charge in [0.25, 0.3) is 6.01 Å². The summed E-state index contributed by atoms with van der Waals surface area (Å²) in [4.78, 5) is 18.2. The topological polar surface area (TPSA) is 75.8 Å². The van der Waals surface area contributed by atoms with Crippen molar-refractivity contribution in [1.82, 2.24) is 4.98 Å². The van der Waals surface area contributed by atoms with E-state index in [1.807, 2.05) is 48.5 Å². The number of hydrogen-bond acceptors (Lipinski definition) is 5. The minimum atomic E-state index is -1.28. The largest absolute Gasteiger partial charge is 0.478 e. The molecule has 0 aliphatic heterocycles. The third-order valence-corrected chi connectivity index (χ3v) is 4.85. The van der Waals surface area contributed by atoms with E-state index in [0.717, 1.165) is 36.0 Å². The van der Waals surface area contributed by atoms with E-state index in [9.17, 15) is 9.90 Å². The predicted molar refractivity (Wildman–Crippen MR) is 114 cm³/mol. The molecule has 154 valence electrons. The smallest absolute Gasteiger partial charge is 0.347 e. The molecular formula is C23H28N2O4. The molecule has 29 heavy (non-hydrogen) atoms. The molecule has 0 amide bonds. The minimum absolute atomic E-state index is 0.237. The van der Waals surface area contributed by atoms with Crippen LogP contribution in [0, 0.1) is 0 Å². The van der Waals surface area contributed by atoms with E-state index in [1.165, 1.54) is 0 Å². The summed E-state index contributed by atoms with van der Waals surface area (Å²) in [5.74, 6) is -0.382. The number of ether oxygens (including phenoxy) is 1. The van der Waals surface area contributed by atoms with Gasteiger partial charge in [-0.3, -0.25) is 0 Å². The lowest BCUT2D eigenvalue weighted by molar-refractivity contribution is -0.152. The average Bonchev–Trinajstić information content (AvgIpc) is 3.09. The highest BCUT2D eigenvalue weighted by Gasteiger charge is 2.30. The van der Waals surface area contributed by atoms with Gasteiger partial charge in [-0.05, 0) is 64.3 Å². The van der Waals surface area contributed by atoms with Crippen LogP contribution < -0.4 is 9.64 Å². The number of anilines is 1. The number of fused-ring (bicyclic) bond motifs is 1. The van der Waals surface area contributed by atoms with Crippen LogP contribution in [0.5, 0.6) is 5.75 Å². The molecule has 0 atom stereocenters. The lowest BCUT2D eigenvalue weighted by Crippen LogP contribution is -2.38. The molecular weight excluding hydrogens is 368 g/mol. The molecule has 0 unspecified atom stereocenters. The molecule has 6 nitrogen and oxygen atoms in total. The van der Waals surface area contributed by atoms with E-state index in [-0.39, 0.29) is 6.04 Å². The molecule has 0 saturated carbocycles. The van der Waals surface area contributed by atoms with Gasteiger partial charge in [0.15, 0.2) is 11.2 Å². The fourth-order valence-electron chi connectivity index (χ4n) is 3.13. The Morgan fingerprint density at radius 3 is 2.55 bits per heavy atom. The number of carbonyl (C=O) groups is 1. The number of aryl methyl sites for hydroxylation is 1. The van der Waals surface area contributed by atoms with E-state index in [0.29, 0.717) is 11.8 Å². The van der Waals surface area contributed by atoms with Gasteiger partial charge in [0.05, 0.1) is 0 Å². The van der Waals surface area contributed by atoms with Crippen molar-refractivity contribution in [3.63, 3.8) is 0 Å². The van der Waals surface area contributed by atoms with Crippen molar-refractivity contribution in [1.29, 1.82) is 0 Å². The third kappa shape index (κ3) is 4.88. The van der Waals surface area contributed by atoms with E-state index in [1.54, 1.807) is 13.8 Å². The second kappa shape index (κ2) is 8.55. The Bertz CT molecular complexity index is 945. The first-order valence-electron chi connectivity index (χ1n) is 9.90. The van der Waals surface area contributed by atoms with Crippen molar-refractivity contribution >= 4 is 23.1 Å². The molecule has 2 aromatic carbocycles. The van der Waals surface area contributed by atoms with Gasteiger partial charge in [-0.1, -0.05) is 30.3 Å². The predicted octanol–water partition coefficient (Wildman–Crippen LogP) is 4.92. The maximum absolute atomic E-state index is 11.4. The zero-order valence-corrected chi connectivity index (χ0v) is 17.4. The average molecular weight is 396 g/mol. The first-order valence-corrected chi connectivity index (χ1v) is 9.90. The first-order chi connectivity index (χ1) is 13.8. The van der Waals surface area contributed by atoms with Gasteiger partial charge < -0.3 is 19.2 Å². The second-order valence-corrected chi connectivity index (χ2v) is 7.88. The van der Waals surface area contributed by atoms with Gasteiger partial charge in [0, 0.05) is 12.6 Å². The molecule has 0 aliphatic rings. The Kier molecular flexibility index (Phi) is 6.11. The highest BCUT2D eigenvalue weighted by atomic mass is 16.5. The quantitative estimate of drug-likeness (QED) is 0.553. The van der Waals surface area contributed by atoms with Crippen LogP contribution in [0.2, 0.25) is 0 Å². The van der Waals surface area contributed by atoms with Crippen LogP contribution >= 0.6 is 0 Å². The number of para-hydroxylation sites is 3. The molecule has 6 heteroatoms. The summed E-state index contributed by atoms with van der Waals surface area (Å²) in [5, 5.41) is 9.34. The Morgan fingerprint density at radius 2 is 1.86 bits per heavy atom. The molecule has 0 radical (unpaired) electrons. The summed E-state index contributed by atoms with van der Waals surface area (Å²) in [6, 6.07) is 16.2. The Labute approximate surface area is 171 Å². The van der Waals surface area contributed by atoms with E-state index in [2.05, 4.69) is 23.7 Å². The number of carboxylic acid groups (broad SMARTS) is 1. The van der Waals surface area contributed by atoms with E-state index < -0.39 is 11.6 Å². The summed E-state index contributed by atoms with van der Waals surface area (Å²) in [5.41, 5.74) is 1.34. The summed E-state index contributed by atoms with van der Waals surface area (Å²) in [7, 11) is 0. The Balaban J connectivity index is 1.70. The summed E-state index contributed by atoms with van der Waals surface area (Å²) in [6.45, 7) is 8.10. The van der Waals surface area contributed by atoms with Gasteiger partial charge >= 0.3 is 5.97 Å². The lowest BCUT2D eigenvalue weighted by atomic mass is 10.1. The van der Waals surface area contributed by atoms with Crippen LogP contribution in [0.15, 0.2) is 52.9 Å². The number of aliphatic carboxylic acids is 1. The number of oxazole rings is 1. The van der Waals surface area contributed by atoms with Crippen LogP contribution in [0.25, 0.3) is 11.1 Å². The van der Waals surface area contributed by atoms with Crippen LogP contribution in [0.1, 0.15) is 39.7 Å². The second-order valence-electron chi connectivity index (χ2n) is 7.88. The fourth-order valence-corrected chi connectivity index (χ4v) is 3.13. The molecule has 0 bridgehead atoms. The lowest BCUT2D eigenvalue weighted by Gasteiger charge is -2.25. The standard InChI is InChI=1S/C23H28N2O4/c1-16(2)25(22-24-18-12-6-8-14-20(18)28-22)15-9-11-17-10-5-7-13-19(17)29-23(3,4)21(26)27/h5-8,10,12-14,16H,9,11,15H2,1-4H3,(H,26,27). The van der Waals surface area contributed by atoms with Gasteiger partial charge in [0.1, 0.15) is 11.3 Å². The molecule has 0 fully saturated rings. The number of hydrogen-bond donors (Lipinski definition) is 1. The van der Waals surface area contributed by atoms with Gasteiger partial charge in [0.2, 0.25) is 0 Å². The fraction of sp³-hybridized carbons (Fsp3) is 0.391. The maximum atomic E-state index is 11.4. The van der Waals surface area contributed by atoms with E-state index in [4.69, 9.17) is 9.15 Å². The van der Waals surface area contributed by atoms with Crippen molar-refractivity contribution in [2.45, 2.75) is 52.2 Å². The molecule has 3 rings (SSSR count). The van der Waals surface area contributed by atoms with Crippen molar-refractivity contribution < 1.29 is 19.1 Å². The van der Waals surface area contributed by atoms with Crippen molar-refractivity contribution in [3.05, 3.63) is 54.1 Å². The van der Waals surface area contributed by atoms with Gasteiger partial charge in [-0.15, -0.1) is 0 Å². The SMILES string of the molecule is CC(C)N(CCCc1ccccc1OC(C)(C)C(=O)O)c1nc2ccccc2o1. The van der Waals surface area contributed by atoms with Gasteiger partial charge in [-0.25, -0.2) is 4.79 Å². The van der Waals surface area contributed by atoms with Crippen molar-refractivity contribution in [2.75, 3.05) is 11.4 Å². The van der Waals surface area contributed by atoms with E-state index >= 15 is 0 Å². The molecule has 3 aromatic rings. The monoisotopic (exact) mass is 396 g/mol. The van der Waals surface area contributed by atoms with Crippen LogP contribution in [0.3, 0.4) is 0 Å². The number of benzene rings is 2. The number of carboxylic acids is 1. The maximum Gasteiger partial charge on any atom is 0.347 e. The minimum Gasteiger partial charge on any atom is -0.478 e. The normalized spacial score (nSPS) is 11.8. The van der Waals surface area contributed by atoms with Crippen molar-refractivity contribution in [3.8, 4) is 5.75 Å². The van der Waals surface area contributed by atoms with Crippen molar-refractivity contribution in [2.24, 2.45) is 0 Å². The summed E-state index contributed by atoms with van der Waals surface area (Å²) < 4.78 is 11.7. The molecule has 1 heterocycles. The van der Waals surface area contributed by atoms with Crippen LogP contribution in [-0.4, -0.2) is 34.2 Å². The zero-order valence-electron chi connectivity index (χ0n) is 17.4. The molecule has 1 aromatic heterocycles. The zero-order chi connectivity index (χ0) is 21.0.